The van der Waals surface area contributed by atoms with Gasteiger partial charge in [0, 0.05) is 44.5 Å². The second kappa shape index (κ2) is 10.2. The number of nitrogens with one attached hydrogen (secondary N) is 1. The van der Waals surface area contributed by atoms with E-state index < -0.39 is 0 Å². The van der Waals surface area contributed by atoms with Crippen LogP contribution >= 0.6 is 0 Å². The number of rotatable bonds is 7. The predicted molar refractivity (Wildman–Crippen MR) is 121 cm³/mol. The number of allylic oxidation sites excluding steroid dienone is 2. The van der Waals surface area contributed by atoms with Gasteiger partial charge in [-0.1, -0.05) is 43.3 Å². The van der Waals surface area contributed by atoms with Crippen molar-refractivity contribution >= 4 is 6.72 Å². The molecule has 0 spiro atoms. The monoisotopic (exact) mass is 391 g/mol. The maximum absolute atomic E-state index is 14.2. The Morgan fingerprint density at radius 3 is 2.59 bits per heavy atom. The van der Waals surface area contributed by atoms with Crippen LogP contribution in [0.4, 0.5) is 4.39 Å². The molecule has 152 valence electrons. The van der Waals surface area contributed by atoms with Crippen molar-refractivity contribution in [3.05, 3.63) is 83.0 Å². The van der Waals surface area contributed by atoms with E-state index in [4.69, 9.17) is 0 Å². The largest absolute Gasteiger partial charge is 0.369 e. The summed E-state index contributed by atoms with van der Waals surface area (Å²) in [5.41, 5.74) is 6.65. The molecule has 0 radical (unpaired) electrons. The Kier molecular flexibility index (Phi) is 7.36. The van der Waals surface area contributed by atoms with Crippen LogP contribution in [0.2, 0.25) is 0 Å². The number of aliphatic imine (C=N–C) groups is 1. The first-order valence-corrected chi connectivity index (χ1v) is 10.3. The molecule has 0 unspecified atom stereocenters. The molecule has 2 aromatic carbocycles. The Morgan fingerprint density at radius 1 is 1.14 bits per heavy atom. The molecule has 4 heteroatoms. The normalized spacial score (nSPS) is 15.5. The number of hydrogen-bond donors (Lipinski definition) is 1. The Bertz CT molecular complexity index is 908. The van der Waals surface area contributed by atoms with Gasteiger partial charge in [-0.15, -0.1) is 0 Å². The first kappa shape index (κ1) is 21.0. The van der Waals surface area contributed by atoms with Crippen molar-refractivity contribution in [2.24, 2.45) is 4.99 Å². The standard InChI is InChI=1S/C25H30FN3/c1-4-19-8-6-7-9-23(19)24-17-22(26)11-10-20(24)16-21(18-27-3)25(5-2)29-14-12-28-13-15-29/h5-11,17-18,28H,3-4,12-16H2,1-2H3/b21-18-,25-5+. The van der Waals surface area contributed by atoms with Gasteiger partial charge in [0.1, 0.15) is 5.82 Å². The van der Waals surface area contributed by atoms with Crippen molar-refractivity contribution in [2.45, 2.75) is 26.7 Å². The molecule has 3 rings (SSSR count). The maximum Gasteiger partial charge on any atom is 0.123 e. The third kappa shape index (κ3) is 5.01. The Morgan fingerprint density at radius 2 is 1.90 bits per heavy atom. The van der Waals surface area contributed by atoms with Gasteiger partial charge in [-0.05, 0) is 60.0 Å². The zero-order valence-corrected chi connectivity index (χ0v) is 17.4. The number of nitrogens with zero attached hydrogens (tertiary/aromatic N) is 2. The van der Waals surface area contributed by atoms with Gasteiger partial charge in [0.25, 0.3) is 0 Å². The topological polar surface area (TPSA) is 27.6 Å². The van der Waals surface area contributed by atoms with Crippen molar-refractivity contribution in [3.8, 4) is 11.1 Å². The molecule has 1 saturated heterocycles. The number of hydrogen-bond acceptors (Lipinski definition) is 3. The molecule has 0 aromatic heterocycles. The lowest BCUT2D eigenvalue weighted by Crippen LogP contribution is -2.43. The van der Waals surface area contributed by atoms with Gasteiger partial charge >= 0.3 is 0 Å². The molecule has 29 heavy (non-hydrogen) atoms. The molecular formula is C25H30FN3. The van der Waals surface area contributed by atoms with Crippen LogP contribution < -0.4 is 5.32 Å². The van der Waals surface area contributed by atoms with E-state index in [-0.39, 0.29) is 5.82 Å². The van der Waals surface area contributed by atoms with Crippen LogP contribution in [0.3, 0.4) is 0 Å². The fourth-order valence-corrected chi connectivity index (χ4v) is 4.04. The van der Waals surface area contributed by atoms with E-state index in [1.165, 1.54) is 11.3 Å². The lowest BCUT2D eigenvalue weighted by Gasteiger charge is -2.33. The third-order valence-corrected chi connectivity index (χ3v) is 5.45. The fraction of sp³-hybridized carbons (Fsp3) is 0.320. The lowest BCUT2D eigenvalue weighted by molar-refractivity contribution is 0.302. The molecule has 0 saturated carbocycles. The second-order valence-electron chi connectivity index (χ2n) is 7.24. The van der Waals surface area contributed by atoms with Gasteiger partial charge in [0.05, 0.1) is 0 Å². The summed E-state index contributed by atoms with van der Waals surface area (Å²) in [5.74, 6) is -0.213. The van der Waals surface area contributed by atoms with E-state index in [1.54, 1.807) is 12.1 Å². The SMILES string of the molecule is C=N/C=C(Cc1ccc(F)cc1-c1ccccc1CC)\C(=C/C)N1CCNCC1. The molecule has 1 fully saturated rings. The maximum atomic E-state index is 14.2. The average molecular weight is 392 g/mol. The Hall–Kier alpha value is -2.72. The van der Waals surface area contributed by atoms with Gasteiger partial charge < -0.3 is 10.2 Å². The first-order chi connectivity index (χ1) is 14.2. The minimum atomic E-state index is -0.213. The van der Waals surface area contributed by atoms with E-state index >= 15 is 0 Å². The molecule has 1 heterocycles. The number of piperazine rings is 1. The van der Waals surface area contributed by atoms with Crippen LogP contribution in [0, 0.1) is 5.82 Å². The number of benzene rings is 2. The highest BCUT2D eigenvalue weighted by atomic mass is 19.1. The van der Waals surface area contributed by atoms with Gasteiger partial charge in [-0.3, -0.25) is 4.99 Å². The second-order valence-corrected chi connectivity index (χ2v) is 7.24. The fourth-order valence-electron chi connectivity index (χ4n) is 4.04. The molecule has 0 atom stereocenters. The van der Waals surface area contributed by atoms with E-state index in [1.807, 2.05) is 24.4 Å². The Balaban J connectivity index is 2.01. The molecule has 0 amide bonds. The summed E-state index contributed by atoms with van der Waals surface area (Å²) in [7, 11) is 0. The van der Waals surface area contributed by atoms with Gasteiger partial charge in [0.15, 0.2) is 0 Å². The zero-order valence-electron chi connectivity index (χ0n) is 17.4. The molecule has 3 nitrogen and oxygen atoms in total. The van der Waals surface area contributed by atoms with Crippen LogP contribution in [0.25, 0.3) is 11.1 Å². The first-order valence-electron chi connectivity index (χ1n) is 10.3. The minimum absolute atomic E-state index is 0.213. The summed E-state index contributed by atoms with van der Waals surface area (Å²) in [4.78, 5) is 6.47. The van der Waals surface area contributed by atoms with Crippen molar-refractivity contribution < 1.29 is 4.39 Å². The number of aryl methyl sites for hydroxylation is 1. The molecular weight excluding hydrogens is 361 g/mol. The Labute approximate surface area is 173 Å². The molecule has 1 aliphatic heterocycles. The highest BCUT2D eigenvalue weighted by molar-refractivity contribution is 5.71. The molecule has 0 bridgehead atoms. The summed E-state index contributed by atoms with van der Waals surface area (Å²) < 4.78 is 14.2. The van der Waals surface area contributed by atoms with Gasteiger partial charge in [-0.25, -0.2) is 4.39 Å². The van der Waals surface area contributed by atoms with E-state index in [0.29, 0.717) is 6.42 Å². The van der Waals surface area contributed by atoms with Crippen LogP contribution in [0.15, 0.2) is 71.0 Å². The predicted octanol–water partition coefficient (Wildman–Crippen LogP) is 4.99. The molecule has 0 aliphatic carbocycles. The van der Waals surface area contributed by atoms with Crippen LogP contribution in [-0.4, -0.2) is 37.8 Å². The van der Waals surface area contributed by atoms with Crippen LogP contribution in [0.5, 0.6) is 0 Å². The van der Waals surface area contributed by atoms with E-state index in [0.717, 1.165) is 54.9 Å². The summed E-state index contributed by atoms with van der Waals surface area (Å²) in [6.07, 6.45) is 5.57. The van der Waals surface area contributed by atoms with E-state index in [9.17, 15) is 4.39 Å². The molecule has 2 aromatic rings. The van der Waals surface area contributed by atoms with Crippen molar-refractivity contribution in [3.63, 3.8) is 0 Å². The minimum Gasteiger partial charge on any atom is -0.369 e. The van der Waals surface area contributed by atoms with Crippen molar-refractivity contribution in [2.75, 3.05) is 26.2 Å². The van der Waals surface area contributed by atoms with Gasteiger partial charge in [-0.2, -0.15) is 0 Å². The number of halogens is 1. The smallest absolute Gasteiger partial charge is 0.123 e. The van der Waals surface area contributed by atoms with Crippen molar-refractivity contribution in [1.29, 1.82) is 0 Å². The summed E-state index contributed by atoms with van der Waals surface area (Å²) in [6.45, 7) is 11.7. The quantitative estimate of drug-likeness (QED) is 0.532. The third-order valence-electron chi connectivity index (χ3n) is 5.45. The highest BCUT2D eigenvalue weighted by Crippen LogP contribution is 2.31. The van der Waals surface area contributed by atoms with E-state index in [2.05, 4.69) is 54.0 Å². The van der Waals surface area contributed by atoms with Gasteiger partial charge in [0.2, 0.25) is 0 Å². The highest BCUT2D eigenvalue weighted by Gasteiger charge is 2.18. The van der Waals surface area contributed by atoms with Crippen LogP contribution in [-0.2, 0) is 12.8 Å². The average Bonchev–Trinajstić information content (AvgIpc) is 2.76. The summed E-state index contributed by atoms with van der Waals surface area (Å²) >= 11 is 0. The van der Waals surface area contributed by atoms with Crippen molar-refractivity contribution in [1.82, 2.24) is 10.2 Å². The molecule has 1 aliphatic rings. The molecule has 1 N–H and O–H groups in total. The lowest BCUT2D eigenvalue weighted by atomic mass is 9.90. The summed E-state index contributed by atoms with van der Waals surface area (Å²) in [5, 5.41) is 3.40. The van der Waals surface area contributed by atoms with Crippen LogP contribution in [0.1, 0.15) is 25.0 Å². The summed E-state index contributed by atoms with van der Waals surface area (Å²) in [6, 6.07) is 13.4. The zero-order chi connectivity index (χ0) is 20.6.